The van der Waals surface area contributed by atoms with Crippen molar-refractivity contribution in [3.05, 3.63) is 0 Å². The maximum absolute atomic E-state index is 13.2. The Morgan fingerprint density at radius 3 is 0.735 bits per heavy atom. The first kappa shape index (κ1) is 32.6. The van der Waals surface area contributed by atoms with Crippen molar-refractivity contribution in [3.63, 3.8) is 0 Å². The van der Waals surface area contributed by atoms with Gasteiger partial charge in [0.2, 0.25) is 0 Å². The van der Waals surface area contributed by atoms with Crippen molar-refractivity contribution >= 4 is 20.2 Å². The van der Waals surface area contributed by atoms with Gasteiger partial charge in [0.05, 0.1) is 0 Å². The molecule has 0 aliphatic heterocycles. The van der Waals surface area contributed by atoms with Crippen LogP contribution in [0.25, 0.3) is 0 Å². The van der Waals surface area contributed by atoms with Crippen molar-refractivity contribution in [2.24, 2.45) is 0 Å². The van der Waals surface area contributed by atoms with E-state index in [1.54, 1.807) is 0 Å². The van der Waals surface area contributed by atoms with Crippen molar-refractivity contribution in [1.29, 1.82) is 0 Å². The summed E-state index contributed by atoms with van der Waals surface area (Å²) >= 11 is 0. The van der Waals surface area contributed by atoms with Crippen LogP contribution in [0.15, 0.2) is 0 Å². The minimum Gasteiger partial charge on any atom is -0.281 e. The Morgan fingerprint density at radius 1 is 0.412 bits per heavy atom. The third-order valence-electron chi connectivity index (χ3n) is 2.96. The van der Waals surface area contributed by atoms with Crippen molar-refractivity contribution in [2.45, 2.75) is 46.8 Å². The van der Waals surface area contributed by atoms with E-state index in [0.717, 1.165) is 0 Å². The van der Waals surface area contributed by atoms with E-state index in [0.29, 0.717) is 0 Å². The topological polar surface area (TPSA) is 127 Å². The second-order valence-electron chi connectivity index (χ2n) is 5.40. The highest BCUT2D eigenvalue weighted by Crippen LogP contribution is 2.57. The molecule has 0 heterocycles. The summed E-state index contributed by atoms with van der Waals surface area (Å²) in [6.07, 6.45) is -31.7. The van der Waals surface area contributed by atoms with Crippen molar-refractivity contribution in [2.75, 3.05) is 0 Å². The zero-order valence-corrected chi connectivity index (χ0v) is 15.8. The largest absolute Gasteiger partial charge is 0.460 e. The molecule has 0 amide bonds. The summed E-state index contributed by atoms with van der Waals surface area (Å²) in [4.78, 5) is 0. The minimum atomic E-state index is -8.49. The molecule has 0 saturated heterocycles. The van der Waals surface area contributed by atoms with Gasteiger partial charge < -0.3 is 0 Å². The first-order valence-electron chi connectivity index (χ1n) is 6.53. The van der Waals surface area contributed by atoms with Gasteiger partial charge in [-0.15, -0.1) is 0 Å². The highest BCUT2D eigenvalue weighted by Gasteiger charge is 2.87. The van der Waals surface area contributed by atoms with Gasteiger partial charge in [0, 0.05) is 0 Å². The van der Waals surface area contributed by atoms with Crippen molar-refractivity contribution in [1.82, 2.24) is 0 Å². The Bertz CT molecular complexity index is 906. The van der Waals surface area contributed by atoms with E-state index in [4.69, 9.17) is 9.11 Å². The van der Waals surface area contributed by atoms with Crippen LogP contribution in [0.2, 0.25) is 0 Å². The fraction of sp³-hybridized carbons (Fsp3) is 1.00. The molecule has 8 nitrogen and oxygen atoms in total. The number of alkyl halides is 16. The fourth-order valence-electron chi connectivity index (χ4n) is 1.23. The second-order valence-corrected chi connectivity index (χ2v) is 8.33. The van der Waals surface area contributed by atoms with Crippen LogP contribution in [-0.2, 0) is 29.7 Å². The lowest BCUT2D eigenvalue weighted by Gasteiger charge is -2.38. The fourth-order valence-corrected chi connectivity index (χ4v) is 1.92. The van der Waals surface area contributed by atoms with Crippen molar-refractivity contribution in [3.8, 4) is 0 Å². The summed E-state index contributed by atoms with van der Waals surface area (Å²) in [5.41, 5.74) is 0. The summed E-state index contributed by atoms with van der Waals surface area (Å²) in [5, 5.41) is -14.8. The standard InChI is InChI=1S/C8H2F16O8S2/c9-1(10,3(13,14)31-5(17,18)7(21,22)33(25,26)27)2(11,12)4(15,16)32-6(19,20)8(23,24)34(28,29)30/h(H,25,26,27)(H,28,29,30). The highest BCUT2D eigenvalue weighted by molar-refractivity contribution is 7.87. The van der Waals surface area contributed by atoms with Gasteiger partial charge in [-0.3, -0.25) is 9.11 Å². The zero-order chi connectivity index (χ0) is 28.4. The van der Waals surface area contributed by atoms with Gasteiger partial charge in [-0.05, 0) is 0 Å². The van der Waals surface area contributed by atoms with E-state index in [1.807, 2.05) is 0 Å². The monoisotopic (exact) mass is 594 g/mol. The van der Waals surface area contributed by atoms with Crippen molar-refractivity contribution < 1.29 is 106 Å². The molecular weight excluding hydrogens is 592 g/mol. The molecule has 0 aliphatic rings. The Kier molecular flexibility index (Phi) is 7.74. The lowest BCUT2D eigenvalue weighted by atomic mass is 10.1. The Labute approximate surface area is 173 Å². The molecule has 0 bridgehead atoms. The molecule has 206 valence electrons. The smallest absolute Gasteiger partial charge is 0.281 e. The van der Waals surface area contributed by atoms with Gasteiger partial charge in [-0.2, -0.15) is 87.1 Å². The van der Waals surface area contributed by atoms with Crippen LogP contribution in [0.3, 0.4) is 0 Å². The first-order valence-corrected chi connectivity index (χ1v) is 9.41. The molecule has 0 aliphatic carbocycles. The molecule has 0 rings (SSSR count). The van der Waals surface area contributed by atoms with E-state index < -0.39 is 67.0 Å². The SMILES string of the molecule is O=S(=O)(O)C(F)(F)C(F)(F)OC(F)(F)C(F)(F)C(F)(F)C(F)(F)OC(F)(F)C(F)(F)S(=O)(=O)O. The van der Waals surface area contributed by atoms with Gasteiger partial charge >= 0.3 is 67.0 Å². The summed E-state index contributed by atoms with van der Waals surface area (Å²) in [6, 6.07) is 0. The lowest BCUT2D eigenvalue weighted by Crippen LogP contribution is -2.67. The van der Waals surface area contributed by atoms with Gasteiger partial charge in [0.15, 0.2) is 0 Å². The van der Waals surface area contributed by atoms with Crippen LogP contribution in [-0.4, -0.2) is 72.7 Å². The number of hydrogen-bond donors (Lipinski definition) is 2. The third-order valence-corrected chi connectivity index (χ3v) is 4.73. The summed E-state index contributed by atoms with van der Waals surface area (Å²) in [5.74, 6) is -17.0. The van der Waals surface area contributed by atoms with Crippen LogP contribution in [0.5, 0.6) is 0 Å². The molecule has 0 radical (unpaired) electrons. The Hall–Kier alpha value is -1.38. The molecule has 0 fully saturated rings. The van der Waals surface area contributed by atoms with Gasteiger partial charge in [-0.1, -0.05) is 0 Å². The van der Waals surface area contributed by atoms with Gasteiger partial charge in [0.1, 0.15) is 0 Å². The van der Waals surface area contributed by atoms with Crippen LogP contribution in [0.4, 0.5) is 70.2 Å². The normalized spacial score (nSPS) is 16.6. The van der Waals surface area contributed by atoms with Crippen LogP contribution >= 0.6 is 0 Å². The maximum atomic E-state index is 13.2. The molecule has 2 N–H and O–H groups in total. The van der Waals surface area contributed by atoms with E-state index in [1.165, 1.54) is 9.47 Å². The van der Waals surface area contributed by atoms with Crippen LogP contribution in [0.1, 0.15) is 0 Å². The first-order chi connectivity index (χ1) is 14.2. The third kappa shape index (κ3) is 4.96. The summed E-state index contributed by atoms with van der Waals surface area (Å²) in [7, 11) is -15.2. The molecule has 26 heteroatoms. The average Bonchev–Trinajstić information content (AvgIpc) is 2.49. The zero-order valence-electron chi connectivity index (χ0n) is 14.2. The molecule has 0 spiro atoms. The molecule has 0 aromatic rings. The number of ether oxygens (including phenoxy) is 2. The van der Waals surface area contributed by atoms with Crippen LogP contribution < -0.4 is 0 Å². The molecule has 0 unspecified atom stereocenters. The second kappa shape index (κ2) is 8.07. The predicted molar refractivity (Wildman–Crippen MR) is 64.8 cm³/mol. The van der Waals surface area contributed by atoms with E-state index in [-0.39, 0.29) is 0 Å². The Morgan fingerprint density at radius 2 is 0.588 bits per heavy atom. The molecule has 0 aromatic carbocycles. The predicted octanol–water partition coefficient (Wildman–Crippen LogP) is 3.62. The van der Waals surface area contributed by atoms with E-state index >= 15 is 0 Å². The number of hydrogen-bond acceptors (Lipinski definition) is 6. The molecule has 0 aromatic heterocycles. The maximum Gasteiger partial charge on any atom is 0.460 e. The van der Waals surface area contributed by atoms with Gasteiger partial charge in [0.25, 0.3) is 0 Å². The molecule has 0 atom stereocenters. The van der Waals surface area contributed by atoms with Gasteiger partial charge in [-0.25, -0.2) is 9.47 Å². The average molecular weight is 594 g/mol. The minimum absolute atomic E-state index is 1.17. The van der Waals surface area contributed by atoms with E-state index in [9.17, 15) is 87.1 Å². The molecular formula is C8H2F16O8S2. The summed E-state index contributed by atoms with van der Waals surface area (Å²) in [6.45, 7) is 0. The van der Waals surface area contributed by atoms with E-state index in [2.05, 4.69) is 0 Å². The molecule has 0 saturated carbocycles. The molecule has 34 heavy (non-hydrogen) atoms. The number of rotatable bonds is 11. The van der Waals surface area contributed by atoms with Crippen LogP contribution in [0, 0.1) is 0 Å². The highest BCUT2D eigenvalue weighted by atomic mass is 32.2. The quantitative estimate of drug-likeness (QED) is 0.275. The lowest BCUT2D eigenvalue weighted by molar-refractivity contribution is -0.524. The summed E-state index contributed by atoms with van der Waals surface area (Å²) < 4.78 is 266. The number of halogens is 16. The Balaban J connectivity index is 6.51.